The molecule has 0 bridgehead atoms. The van der Waals surface area contributed by atoms with Gasteiger partial charge in [-0.05, 0) is 46.8 Å². The smallest absolute Gasteiger partial charge is 0.252 e. The van der Waals surface area contributed by atoms with Gasteiger partial charge in [0.1, 0.15) is 0 Å². The van der Waals surface area contributed by atoms with Gasteiger partial charge in [-0.1, -0.05) is 6.92 Å². The Balaban J connectivity index is 2.66. The molecule has 1 aromatic rings. The monoisotopic (exact) mass is 316 g/mol. The van der Waals surface area contributed by atoms with Crippen molar-refractivity contribution in [3.63, 3.8) is 0 Å². The van der Waals surface area contributed by atoms with Crippen LogP contribution in [0.5, 0.6) is 0 Å². The molecule has 17 heavy (non-hydrogen) atoms. The van der Waals surface area contributed by atoms with Gasteiger partial charge in [0.2, 0.25) is 0 Å². The number of carbonyl (C=O) groups excluding carboxylic acids is 1. The van der Waals surface area contributed by atoms with E-state index < -0.39 is 0 Å². The fourth-order valence-corrected chi connectivity index (χ4v) is 2.45. The van der Waals surface area contributed by atoms with Gasteiger partial charge in [0.05, 0.1) is 5.56 Å². The molecule has 3 N–H and O–H groups in total. The summed E-state index contributed by atoms with van der Waals surface area (Å²) in [5.41, 5.74) is 6.84. The Morgan fingerprint density at radius 2 is 2.29 bits per heavy atom. The number of carbonyl (C=O) groups is 1. The van der Waals surface area contributed by atoms with E-state index in [1.54, 1.807) is 18.2 Å². The molecule has 0 aromatic heterocycles. The third-order valence-corrected chi connectivity index (χ3v) is 4.02. The molecular formula is C12H17BrN2OS. The number of thioether (sulfide) groups is 1. The Hall–Kier alpha value is -0.680. The van der Waals surface area contributed by atoms with Gasteiger partial charge in [0.15, 0.2) is 0 Å². The standard InChI is InChI=1S/C12H17BrN2OS/c1-3-17-7-8(2)15-12(16)10-6-9(14)4-5-11(10)13/h4-6,8H,3,7,14H2,1-2H3,(H,15,16). The van der Waals surface area contributed by atoms with E-state index in [-0.39, 0.29) is 11.9 Å². The predicted octanol–water partition coefficient (Wildman–Crippen LogP) is 2.90. The van der Waals surface area contributed by atoms with E-state index in [4.69, 9.17) is 5.73 Å². The number of hydrogen-bond acceptors (Lipinski definition) is 3. The van der Waals surface area contributed by atoms with Gasteiger partial charge >= 0.3 is 0 Å². The van der Waals surface area contributed by atoms with Crippen molar-refractivity contribution >= 4 is 39.3 Å². The minimum Gasteiger partial charge on any atom is -0.399 e. The van der Waals surface area contributed by atoms with E-state index in [1.807, 2.05) is 18.7 Å². The van der Waals surface area contributed by atoms with Crippen LogP contribution in [0.15, 0.2) is 22.7 Å². The maximum Gasteiger partial charge on any atom is 0.252 e. The number of rotatable bonds is 5. The topological polar surface area (TPSA) is 55.1 Å². The largest absolute Gasteiger partial charge is 0.399 e. The lowest BCUT2D eigenvalue weighted by Gasteiger charge is -2.14. The molecule has 0 aliphatic heterocycles. The molecule has 0 aliphatic carbocycles. The Bertz CT molecular complexity index is 398. The molecule has 94 valence electrons. The van der Waals surface area contributed by atoms with E-state index in [0.29, 0.717) is 11.3 Å². The zero-order valence-electron chi connectivity index (χ0n) is 10.00. The molecule has 0 fully saturated rings. The number of nitrogens with one attached hydrogen (secondary N) is 1. The Kier molecular flexibility index (Phi) is 5.85. The summed E-state index contributed by atoms with van der Waals surface area (Å²) >= 11 is 5.16. The van der Waals surface area contributed by atoms with E-state index in [2.05, 4.69) is 28.2 Å². The molecule has 1 aromatic carbocycles. The summed E-state index contributed by atoms with van der Waals surface area (Å²) in [6.45, 7) is 4.11. The summed E-state index contributed by atoms with van der Waals surface area (Å²) in [5.74, 6) is 1.89. The van der Waals surface area contributed by atoms with Crippen LogP contribution in [0.2, 0.25) is 0 Å². The van der Waals surface area contributed by atoms with Gasteiger partial charge in [0, 0.05) is 22.0 Å². The van der Waals surface area contributed by atoms with Crippen molar-refractivity contribution in [2.45, 2.75) is 19.9 Å². The highest BCUT2D eigenvalue weighted by Gasteiger charge is 2.12. The van der Waals surface area contributed by atoms with Gasteiger partial charge < -0.3 is 11.1 Å². The number of nitrogens with two attached hydrogens (primary N) is 1. The lowest BCUT2D eigenvalue weighted by molar-refractivity contribution is 0.0943. The molecule has 0 radical (unpaired) electrons. The van der Waals surface area contributed by atoms with Crippen molar-refractivity contribution in [1.29, 1.82) is 0 Å². The summed E-state index contributed by atoms with van der Waals surface area (Å²) in [6.07, 6.45) is 0. The first-order valence-electron chi connectivity index (χ1n) is 5.48. The van der Waals surface area contributed by atoms with Crippen LogP contribution < -0.4 is 11.1 Å². The third-order valence-electron chi connectivity index (χ3n) is 2.18. The van der Waals surface area contributed by atoms with Crippen LogP contribution in [-0.2, 0) is 0 Å². The van der Waals surface area contributed by atoms with Crippen LogP contribution >= 0.6 is 27.7 Å². The summed E-state index contributed by atoms with van der Waals surface area (Å²) in [5, 5.41) is 2.95. The highest BCUT2D eigenvalue weighted by Crippen LogP contribution is 2.19. The predicted molar refractivity (Wildman–Crippen MR) is 78.5 cm³/mol. The second-order valence-corrected chi connectivity index (χ2v) is 5.95. The first-order valence-corrected chi connectivity index (χ1v) is 7.43. The second kappa shape index (κ2) is 6.91. The lowest BCUT2D eigenvalue weighted by atomic mass is 10.2. The van der Waals surface area contributed by atoms with E-state index in [1.165, 1.54) is 0 Å². The third kappa shape index (κ3) is 4.60. The Labute approximate surface area is 115 Å². The molecule has 0 saturated heterocycles. The molecule has 0 heterocycles. The summed E-state index contributed by atoms with van der Waals surface area (Å²) in [6, 6.07) is 5.38. The van der Waals surface area contributed by atoms with Crippen molar-refractivity contribution in [1.82, 2.24) is 5.32 Å². The van der Waals surface area contributed by atoms with E-state index in [0.717, 1.165) is 16.0 Å². The SMILES string of the molecule is CCSCC(C)NC(=O)c1cc(N)ccc1Br. The minimum absolute atomic E-state index is 0.0895. The molecule has 3 nitrogen and oxygen atoms in total. The average molecular weight is 317 g/mol. The zero-order chi connectivity index (χ0) is 12.8. The molecule has 1 atom stereocenters. The Morgan fingerprint density at radius 1 is 1.59 bits per heavy atom. The molecule has 1 amide bonds. The number of amides is 1. The van der Waals surface area contributed by atoms with Crippen LogP contribution in [0.1, 0.15) is 24.2 Å². The van der Waals surface area contributed by atoms with Gasteiger partial charge in [-0.15, -0.1) is 0 Å². The number of benzene rings is 1. The van der Waals surface area contributed by atoms with Gasteiger partial charge in [-0.2, -0.15) is 11.8 Å². The average Bonchev–Trinajstić information content (AvgIpc) is 2.29. The molecule has 0 saturated carbocycles. The highest BCUT2D eigenvalue weighted by molar-refractivity contribution is 9.10. The fraction of sp³-hybridized carbons (Fsp3) is 0.417. The molecule has 0 spiro atoms. The first-order chi connectivity index (χ1) is 8.04. The van der Waals surface area contributed by atoms with Gasteiger partial charge in [-0.3, -0.25) is 4.79 Å². The summed E-state index contributed by atoms with van der Waals surface area (Å²) < 4.78 is 0.763. The maximum absolute atomic E-state index is 12.0. The number of nitrogen functional groups attached to an aromatic ring is 1. The Morgan fingerprint density at radius 3 is 2.94 bits per heavy atom. The lowest BCUT2D eigenvalue weighted by Crippen LogP contribution is -2.34. The molecular weight excluding hydrogens is 300 g/mol. The van der Waals surface area contributed by atoms with Crippen LogP contribution in [0, 0.1) is 0 Å². The fourth-order valence-electron chi connectivity index (χ4n) is 1.35. The van der Waals surface area contributed by atoms with Gasteiger partial charge in [0.25, 0.3) is 5.91 Å². The quantitative estimate of drug-likeness (QED) is 0.821. The molecule has 0 aliphatic rings. The minimum atomic E-state index is -0.0895. The van der Waals surface area contributed by atoms with Crippen LogP contribution in [0.4, 0.5) is 5.69 Å². The van der Waals surface area contributed by atoms with Crippen molar-refractivity contribution < 1.29 is 4.79 Å². The van der Waals surface area contributed by atoms with Gasteiger partial charge in [-0.25, -0.2) is 0 Å². The second-order valence-electron chi connectivity index (χ2n) is 3.77. The van der Waals surface area contributed by atoms with Crippen molar-refractivity contribution in [3.8, 4) is 0 Å². The van der Waals surface area contributed by atoms with E-state index in [9.17, 15) is 4.79 Å². The van der Waals surface area contributed by atoms with Crippen molar-refractivity contribution in [2.75, 3.05) is 17.2 Å². The normalized spacial score (nSPS) is 12.2. The van der Waals surface area contributed by atoms with Crippen LogP contribution in [0.25, 0.3) is 0 Å². The number of hydrogen-bond donors (Lipinski definition) is 2. The number of anilines is 1. The van der Waals surface area contributed by atoms with Crippen molar-refractivity contribution in [3.05, 3.63) is 28.2 Å². The summed E-state index contributed by atoms with van der Waals surface area (Å²) in [7, 11) is 0. The zero-order valence-corrected chi connectivity index (χ0v) is 12.4. The highest BCUT2D eigenvalue weighted by atomic mass is 79.9. The molecule has 5 heteroatoms. The number of halogens is 1. The first kappa shape index (κ1) is 14.4. The summed E-state index contributed by atoms with van der Waals surface area (Å²) in [4.78, 5) is 12.0. The van der Waals surface area contributed by atoms with Crippen molar-refractivity contribution in [2.24, 2.45) is 0 Å². The van der Waals surface area contributed by atoms with E-state index >= 15 is 0 Å². The van der Waals surface area contributed by atoms with Crippen LogP contribution in [-0.4, -0.2) is 23.5 Å². The van der Waals surface area contributed by atoms with Crippen LogP contribution in [0.3, 0.4) is 0 Å². The molecule has 1 unspecified atom stereocenters. The molecule has 1 rings (SSSR count). The maximum atomic E-state index is 12.0.